The lowest BCUT2D eigenvalue weighted by Gasteiger charge is -2.31. The van der Waals surface area contributed by atoms with Crippen molar-refractivity contribution in [2.45, 2.75) is 25.9 Å². The van der Waals surface area contributed by atoms with E-state index in [0.717, 1.165) is 42.7 Å². The van der Waals surface area contributed by atoms with Gasteiger partial charge in [0.1, 0.15) is 5.84 Å². The molecule has 1 aromatic carbocycles. The molecule has 0 spiro atoms. The molecule has 4 heteroatoms. The van der Waals surface area contributed by atoms with Crippen molar-refractivity contribution in [3.8, 4) is 0 Å². The summed E-state index contributed by atoms with van der Waals surface area (Å²) >= 11 is 0. The number of aryl methyl sites for hydroxylation is 1. The van der Waals surface area contributed by atoms with E-state index in [9.17, 15) is 5.11 Å². The van der Waals surface area contributed by atoms with E-state index in [0.29, 0.717) is 0 Å². The molecule has 0 bridgehead atoms. The third-order valence-electron chi connectivity index (χ3n) is 3.33. The molecule has 0 atom stereocenters. The molecule has 0 aromatic heterocycles. The quantitative estimate of drug-likeness (QED) is 0.531. The molecule has 0 amide bonds. The Morgan fingerprint density at radius 2 is 2.06 bits per heavy atom. The largest absolute Gasteiger partial charge is 0.393 e. The van der Waals surface area contributed by atoms with Gasteiger partial charge in [-0.25, -0.2) is 0 Å². The normalized spacial score (nSPS) is 17.2. The van der Waals surface area contributed by atoms with Crippen LogP contribution in [0.1, 0.15) is 24.0 Å². The van der Waals surface area contributed by atoms with E-state index in [2.05, 4.69) is 11.0 Å². The number of nitrogen functional groups attached to an aromatic ring is 1. The maximum Gasteiger partial charge on any atom is 0.123 e. The number of hydrogen-bond donors (Lipinski definition) is 3. The zero-order valence-corrected chi connectivity index (χ0v) is 10.1. The van der Waals surface area contributed by atoms with Crippen molar-refractivity contribution in [3.05, 3.63) is 29.3 Å². The van der Waals surface area contributed by atoms with E-state index in [1.165, 1.54) is 0 Å². The topological polar surface area (TPSA) is 73.3 Å². The van der Waals surface area contributed by atoms with Crippen LogP contribution in [-0.2, 0) is 0 Å². The molecule has 1 aromatic rings. The van der Waals surface area contributed by atoms with Crippen LogP contribution in [0.15, 0.2) is 18.2 Å². The number of nitrogens with zero attached hydrogens (tertiary/aromatic N) is 1. The molecule has 4 nitrogen and oxygen atoms in total. The van der Waals surface area contributed by atoms with Crippen molar-refractivity contribution < 1.29 is 5.11 Å². The van der Waals surface area contributed by atoms with Gasteiger partial charge in [-0.2, -0.15) is 0 Å². The van der Waals surface area contributed by atoms with Crippen molar-refractivity contribution in [2.75, 3.05) is 18.0 Å². The van der Waals surface area contributed by atoms with E-state index in [1.54, 1.807) is 0 Å². The zero-order valence-electron chi connectivity index (χ0n) is 10.1. The zero-order chi connectivity index (χ0) is 12.4. The first-order valence-corrected chi connectivity index (χ1v) is 5.96. The molecule has 2 rings (SSSR count). The van der Waals surface area contributed by atoms with Gasteiger partial charge < -0.3 is 15.7 Å². The van der Waals surface area contributed by atoms with Gasteiger partial charge in [0.25, 0.3) is 0 Å². The lowest BCUT2D eigenvalue weighted by Crippen LogP contribution is -2.35. The highest BCUT2D eigenvalue weighted by Crippen LogP contribution is 2.22. The van der Waals surface area contributed by atoms with Gasteiger partial charge in [0.2, 0.25) is 0 Å². The van der Waals surface area contributed by atoms with E-state index >= 15 is 0 Å². The van der Waals surface area contributed by atoms with E-state index < -0.39 is 0 Å². The average Bonchev–Trinajstić information content (AvgIpc) is 2.29. The minimum absolute atomic E-state index is 0.114. The molecule has 1 fully saturated rings. The van der Waals surface area contributed by atoms with Crippen molar-refractivity contribution >= 4 is 11.5 Å². The molecular formula is C13H19N3O. The standard InChI is InChI=1S/C13H19N3O/c1-9-8-10(2-3-12(9)13(14)15)16-6-4-11(17)5-7-16/h2-3,8,11,17H,4-7H2,1H3,(H3,14,15). The number of benzene rings is 1. The number of piperidine rings is 1. The molecule has 4 N–H and O–H groups in total. The highest BCUT2D eigenvalue weighted by molar-refractivity contribution is 5.96. The Hall–Kier alpha value is -1.55. The first-order valence-electron chi connectivity index (χ1n) is 5.96. The maximum atomic E-state index is 9.47. The van der Waals surface area contributed by atoms with E-state index in [-0.39, 0.29) is 11.9 Å². The number of rotatable bonds is 2. The second kappa shape index (κ2) is 4.75. The number of aliphatic hydroxyl groups is 1. The van der Waals surface area contributed by atoms with Crippen molar-refractivity contribution in [2.24, 2.45) is 5.73 Å². The van der Waals surface area contributed by atoms with Crippen LogP contribution in [0.4, 0.5) is 5.69 Å². The van der Waals surface area contributed by atoms with E-state index in [4.69, 9.17) is 11.1 Å². The van der Waals surface area contributed by atoms with Gasteiger partial charge in [0, 0.05) is 24.3 Å². The van der Waals surface area contributed by atoms with Crippen LogP contribution in [0.5, 0.6) is 0 Å². The molecule has 1 aliphatic rings. The van der Waals surface area contributed by atoms with Crippen LogP contribution in [-0.4, -0.2) is 30.1 Å². The second-order valence-corrected chi connectivity index (χ2v) is 4.63. The van der Waals surface area contributed by atoms with Crippen LogP contribution >= 0.6 is 0 Å². The molecule has 92 valence electrons. The lowest BCUT2D eigenvalue weighted by atomic mass is 10.0. The van der Waals surface area contributed by atoms with Gasteiger partial charge in [0.15, 0.2) is 0 Å². The molecule has 1 aliphatic heterocycles. The number of anilines is 1. The summed E-state index contributed by atoms with van der Waals surface area (Å²) in [6.07, 6.45) is 1.50. The summed E-state index contributed by atoms with van der Waals surface area (Å²) in [6.45, 7) is 3.75. The van der Waals surface area contributed by atoms with Gasteiger partial charge in [-0.05, 0) is 43.5 Å². The van der Waals surface area contributed by atoms with Crippen LogP contribution in [0.2, 0.25) is 0 Å². The highest BCUT2D eigenvalue weighted by atomic mass is 16.3. The summed E-state index contributed by atoms with van der Waals surface area (Å²) < 4.78 is 0. The lowest BCUT2D eigenvalue weighted by molar-refractivity contribution is 0.145. The number of aliphatic hydroxyl groups excluding tert-OH is 1. The average molecular weight is 233 g/mol. The Labute approximate surface area is 102 Å². The van der Waals surface area contributed by atoms with E-state index in [1.807, 2.05) is 19.1 Å². The van der Waals surface area contributed by atoms with Gasteiger partial charge in [0.05, 0.1) is 6.10 Å². The van der Waals surface area contributed by atoms with Crippen molar-refractivity contribution in [1.82, 2.24) is 0 Å². The minimum Gasteiger partial charge on any atom is -0.393 e. The smallest absolute Gasteiger partial charge is 0.123 e. The van der Waals surface area contributed by atoms with Gasteiger partial charge >= 0.3 is 0 Å². The van der Waals surface area contributed by atoms with Crippen molar-refractivity contribution in [1.29, 1.82) is 5.41 Å². The predicted molar refractivity (Wildman–Crippen MR) is 69.6 cm³/mol. The Morgan fingerprint density at radius 3 is 2.59 bits per heavy atom. The number of hydrogen-bond acceptors (Lipinski definition) is 3. The summed E-state index contributed by atoms with van der Waals surface area (Å²) in [4.78, 5) is 2.27. The van der Waals surface area contributed by atoms with Crippen LogP contribution in [0.3, 0.4) is 0 Å². The van der Waals surface area contributed by atoms with Gasteiger partial charge in [-0.15, -0.1) is 0 Å². The summed E-state index contributed by atoms with van der Waals surface area (Å²) in [5.41, 5.74) is 8.48. The fourth-order valence-electron chi connectivity index (χ4n) is 2.27. The van der Waals surface area contributed by atoms with Crippen molar-refractivity contribution in [3.63, 3.8) is 0 Å². The maximum absolute atomic E-state index is 9.47. The molecule has 0 saturated carbocycles. The molecule has 0 unspecified atom stereocenters. The Kier molecular flexibility index (Phi) is 3.33. The molecule has 1 saturated heterocycles. The Morgan fingerprint density at radius 1 is 1.41 bits per heavy atom. The first kappa shape index (κ1) is 11.9. The second-order valence-electron chi connectivity index (χ2n) is 4.63. The summed E-state index contributed by atoms with van der Waals surface area (Å²) in [6, 6.07) is 5.97. The molecule has 1 heterocycles. The molecular weight excluding hydrogens is 214 g/mol. The number of nitrogens with two attached hydrogens (primary N) is 1. The fraction of sp³-hybridized carbons (Fsp3) is 0.462. The molecule has 17 heavy (non-hydrogen) atoms. The van der Waals surface area contributed by atoms with Crippen LogP contribution in [0, 0.1) is 12.3 Å². The monoisotopic (exact) mass is 233 g/mol. The summed E-state index contributed by atoms with van der Waals surface area (Å²) in [5.74, 6) is 0.114. The third-order valence-corrected chi connectivity index (χ3v) is 3.33. The summed E-state index contributed by atoms with van der Waals surface area (Å²) in [5, 5.41) is 16.9. The fourth-order valence-corrected chi connectivity index (χ4v) is 2.27. The van der Waals surface area contributed by atoms with Gasteiger partial charge in [-0.3, -0.25) is 5.41 Å². The predicted octanol–water partition coefficient (Wildman–Crippen LogP) is 1.24. The van der Waals surface area contributed by atoms with Crippen LogP contribution < -0.4 is 10.6 Å². The summed E-state index contributed by atoms with van der Waals surface area (Å²) in [7, 11) is 0. The Bertz CT molecular complexity index is 423. The molecule has 0 radical (unpaired) electrons. The number of amidine groups is 1. The van der Waals surface area contributed by atoms with Crippen LogP contribution in [0.25, 0.3) is 0 Å². The highest BCUT2D eigenvalue weighted by Gasteiger charge is 2.17. The third kappa shape index (κ3) is 2.58. The van der Waals surface area contributed by atoms with Gasteiger partial charge in [-0.1, -0.05) is 0 Å². The SMILES string of the molecule is Cc1cc(N2CCC(O)CC2)ccc1C(=N)N. The number of nitrogens with one attached hydrogen (secondary N) is 1. The molecule has 0 aliphatic carbocycles. The first-order chi connectivity index (χ1) is 8.08. The Balaban J connectivity index is 2.17. The minimum atomic E-state index is -0.149.